The number of rotatable bonds is 9. The first-order valence-corrected chi connectivity index (χ1v) is 10.9. The third-order valence-electron chi connectivity index (χ3n) is 4.86. The molecule has 10 heteroatoms. The Morgan fingerprint density at radius 1 is 1.22 bits per heavy atom. The van der Waals surface area contributed by atoms with E-state index in [1.54, 1.807) is 34.6 Å². The van der Waals surface area contributed by atoms with Crippen molar-refractivity contribution in [1.29, 1.82) is 0 Å². The topological polar surface area (TPSA) is 130 Å². The minimum Gasteiger partial charge on any atom is -0.462 e. The van der Waals surface area contributed by atoms with Gasteiger partial charge < -0.3 is 29.6 Å². The summed E-state index contributed by atoms with van der Waals surface area (Å²) in [6.07, 6.45) is -0.911. The minimum absolute atomic E-state index is 0.0730. The van der Waals surface area contributed by atoms with E-state index in [9.17, 15) is 19.5 Å². The summed E-state index contributed by atoms with van der Waals surface area (Å²) in [6, 6.07) is 0. The van der Waals surface area contributed by atoms with Crippen molar-refractivity contribution in [1.82, 2.24) is 15.2 Å². The van der Waals surface area contributed by atoms with E-state index >= 15 is 0 Å². The third kappa shape index (κ3) is 7.61. The van der Waals surface area contributed by atoms with Gasteiger partial charge in [0.1, 0.15) is 11.3 Å². The van der Waals surface area contributed by atoms with Crippen LogP contribution in [0, 0.1) is 6.92 Å². The Hall–Kier alpha value is -2.43. The van der Waals surface area contributed by atoms with Gasteiger partial charge in [-0.25, -0.2) is 9.59 Å². The highest BCUT2D eigenvalue weighted by Gasteiger charge is 2.29. The summed E-state index contributed by atoms with van der Waals surface area (Å²) in [5.74, 6) is -1.63. The first-order valence-electron chi connectivity index (χ1n) is 10.9. The number of nitrogens with one attached hydrogen (secondary N) is 2. The van der Waals surface area contributed by atoms with Crippen molar-refractivity contribution in [3.8, 4) is 0 Å². The molecule has 2 rings (SSSR count). The molecule has 1 atom stereocenters. The summed E-state index contributed by atoms with van der Waals surface area (Å²) in [5, 5.41) is 12.9. The molecule has 0 spiro atoms. The zero-order valence-electron chi connectivity index (χ0n) is 19.6. The summed E-state index contributed by atoms with van der Waals surface area (Å²) >= 11 is 0. The van der Waals surface area contributed by atoms with E-state index < -0.39 is 29.6 Å². The van der Waals surface area contributed by atoms with Crippen molar-refractivity contribution < 1.29 is 33.7 Å². The second kappa shape index (κ2) is 11.4. The summed E-state index contributed by atoms with van der Waals surface area (Å²) in [6.45, 7) is 11.9. The predicted molar refractivity (Wildman–Crippen MR) is 117 cm³/mol. The molecule has 1 aromatic rings. The highest BCUT2D eigenvalue weighted by molar-refractivity contribution is 5.99. The molecule has 0 radical (unpaired) electrons. The molecule has 0 bridgehead atoms. The molecule has 1 aliphatic rings. The molecule has 2 heterocycles. The zero-order valence-corrected chi connectivity index (χ0v) is 19.6. The molecule has 0 aromatic carbocycles. The monoisotopic (exact) mass is 453 g/mol. The van der Waals surface area contributed by atoms with Gasteiger partial charge in [0.15, 0.2) is 0 Å². The molecule has 1 aromatic heterocycles. The van der Waals surface area contributed by atoms with Crippen LogP contribution in [0.4, 0.5) is 0 Å². The number of hydrogen-bond acceptors (Lipinski definition) is 8. The zero-order chi connectivity index (χ0) is 23.9. The Bertz CT molecular complexity index is 807. The molecular formula is C22H35N3O7. The highest BCUT2D eigenvalue weighted by atomic mass is 16.6. The SMILES string of the molecule is CCOC(=O)c1c(CC(=O)NC[C@@H](O)CN2CCOCC2)[nH]c(C(=O)OC(C)(C)C)c1C. The fraction of sp³-hybridized carbons (Fsp3) is 0.682. The predicted octanol–water partition coefficient (Wildman–Crippen LogP) is 0.807. The maximum absolute atomic E-state index is 12.6. The van der Waals surface area contributed by atoms with Crippen molar-refractivity contribution in [2.24, 2.45) is 0 Å². The summed E-state index contributed by atoms with van der Waals surface area (Å²) in [7, 11) is 0. The number of esters is 2. The molecular weight excluding hydrogens is 418 g/mol. The normalized spacial score (nSPS) is 15.8. The average Bonchev–Trinajstić information content (AvgIpc) is 3.02. The van der Waals surface area contributed by atoms with Gasteiger partial charge in [-0.2, -0.15) is 0 Å². The fourth-order valence-electron chi connectivity index (χ4n) is 3.40. The van der Waals surface area contributed by atoms with E-state index in [2.05, 4.69) is 15.2 Å². The molecule has 0 saturated carbocycles. The van der Waals surface area contributed by atoms with Crippen LogP contribution < -0.4 is 5.32 Å². The van der Waals surface area contributed by atoms with Gasteiger partial charge in [-0.3, -0.25) is 9.69 Å². The van der Waals surface area contributed by atoms with Crippen molar-refractivity contribution in [2.75, 3.05) is 46.0 Å². The van der Waals surface area contributed by atoms with Crippen LogP contribution in [0.2, 0.25) is 0 Å². The van der Waals surface area contributed by atoms with E-state index in [-0.39, 0.29) is 36.5 Å². The maximum Gasteiger partial charge on any atom is 0.355 e. The van der Waals surface area contributed by atoms with Crippen molar-refractivity contribution in [2.45, 2.75) is 52.7 Å². The molecule has 1 amide bonds. The molecule has 1 saturated heterocycles. The standard InChI is InChI=1S/C22H35N3O7/c1-6-31-20(28)18-14(2)19(21(29)32-22(3,4)5)24-16(18)11-17(27)23-12-15(26)13-25-7-9-30-10-8-25/h15,24,26H,6-13H2,1-5H3,(H,23,27)/t15-/m1/s1. The highest BCUT2D eigenvalue weighted by Crippen LogP contribution is 2.23. The Labute approximate surface area is 188 Å². The molecule has 0 unspecified atom stereocenters. The average molecular weight is 454 g/mol. The van der Waals surface area contributed by atoms with Crippen LogP contribution >= 0.6 is 0 Å². The first-order chi connectivity index (χ1) is 15.0. The summed E-state index contributed by atoms with van der Waals surface area (Å²) in [5.41, 5.74) is 0.178. The molecule has 3 N–H and O–H groups in total. The number of aromatic amines is 1. The first kappa shape index (κ1) is 25.8. The van der Waals surface area contributed by atoms with Crippen LogP contribution in [0.3, 0.4) is 0 Å². The largest absolute Gasteiger partial charge is 0.462 e. The molecule has 10 nitrogen and oxygen atoms in total. The second-order valence-corrected chi connectivity index (χ2v) is 8.75. The smallest absolute Gasteiger partial charge is 0.355 e. The van der Waals surface area contributed by atoms with E-state index in [1.807, 2.05) is 0 Å². The number of ether oxygens (including phenoxy) is 3. The van der Waals surface area contributed by atoms with Crippen LogP contribution in [0.1, 0.15) is 59.8 Å². The van der Waals surface area contributed by atoms with Gasteiger partial charge in [0.2, 0.25) is 5.91 Å². The lowest BCUT2D eigenvalue weighted by Crippen LogP contribution is -2.44. The van der Waals surface area contributed by atoms with E-state index in [1.165, 1.54) is 0 Å². The van der Waals surface area contributed by atoms with Crippen LogP contribution in [-0.4, -0.2) is 90.5 Å². The number of β-amino-alcohol motifs (C(OH)–C–C–N with tert-alkyl or cyclic N) is 1. The Morgan fingerprint density at radius 3 is 2.47 bits per heavy atom. The lowest BCUT2D eigenvalue weighted by atomic mass is 10.1. The number of morpholine rings is 1. The lowest BCUT2D eigenvalue weighted by molar-refractivity contribution is -0.121. The van der Waals surface area contributed by atoms with Gasteiger partial charge in [0.25, 0.3) is 0 Å². The van der Waals surface area contributed by atoms with Gasteiger partial charge in [-0.05, 0) is 40.2 Å². The lowest BCUT2D eigenvalue weighted by Gasteiger charge is -2.28. The van der Waals surface area contributed by atoms with Gasteiger partial charge in [-0.15, -0.1) is 0 Å². The van der Waals surface area contributed by atoms with Gasteiger partial charge >= 0.3 is 11.9 Å². The van der Waals surface area contributed by atoms with Crippen LogP contribution in [0.5, 0.6) is 0 Å². The van der Waals surface area contributed by atoms with Crippen molar-refractivity contribution >= 4 is 17.8 Å². The van der Waals surface area contributed by atoms with E-state index in [0.717, 1.165) is 13.1 Å². The number of amides is 1. The van der Waals surface area contributed by atoms with Crippen molar-refractivity contribution in [3.05, 3.63) is 22.5 Å². The van der Waals surface area contributed by atoms with E-state index in [4.69, 9.17) is 14.2 Å². The number of aliphatic hydroxyl groups excluding tert-OH is 1. The quantitative estimate of drug-likeness (QED) is 0.468. The molecule has 1 aliphatic heterocycles. The molecule has 0 aliphatic carbocycles. The van der Waals surface area contributed by atoms with Gasteiger partial charge in [-0.1, -0.05) is 0 Å². The van der Waals surface area contributed by atoms with E-state index in [0.29, 0.717) is 25.3 Å². The fourth-order valence-corrected chi connectivity index (χ4v) is 3.40. The number of aromatic nitrogens is 1. The van der Waals surface area contributed by atoms with Crippen LogP contribution in [-0.2, 0) is 25.4 Å². The minimum atomic E-state index is -0.732. The molecule has 1 fully saturated rings. The number of aliphatic hydroxyl groups is 1. The second-order valence-electron chi connectivity index (χ2n) is 8.75. The number of H-pyrrole nitrogens is 1. The van der Waals surface area contributed by atoms with Crippen LogP contribution in [0.25, 0.3) is 0 Å². The summed E-state index contributed by atoms with van der Waals surface area (Å²) in [4.78, 5) is 42.5. The number of nitrogens with zero attached hydrogens (tertiary/aromatic N) is 1. The Kier molecular flexibility index (Phi) is 9.23. The van der Waals surface area contributed by atoms with Gasteiger partial charge in [0.05, 0.1) is 37.9 Å². The molecule has 32 heavy (non-hydrogen) atoms. The number of carbonyl (C=O) groups excluding carboxylic acids is 3. The van der Waals surface area contributed by atoms with Crippen LogP contribution in [0.15, 0.2) is 0 Å². The Balaban J connectivity index is 2.07. The number of hydrogen-bond donors (Lipinski definition) is 3. The third-order valence-corrected chi connectivity index (χ3v) is 4.86. The maximum atomic E-state index is 12.6. The Morgan fingerprint density at radius 2 is 1.88 bits per heavy atom. The van der Waals surface area contributed by atoms with Crippen molar-refractivity contribution in [3.63, 3.8) is 0 Å². The van der Waals surface area contributed by atoms with Gasteiger partial charge in [0, 0.05) is 31.9 Å². The summed E-state index contributed by atoms with van der Waals surface area (Å²) < 4.78 is 15.8. The molecule has 180 valence electrons. The number of carbonyl (C=O) groups is 3.